The molecule has 2 unspecified atom stereocenters. The molecule has 13 heteroatoms. The van der Waals surface area contributed by atoms with Crippen molar-refractivity contribution in [1.29, 1.82) is 5.26 Å². The lowest BCUT2D eigenvalue weighted by Gasteiger charge is -2.31. The van der Waals surface area contributed by atoms with Crippen LogP contribution in [0.4, 0.5) is 18.9 Å². The summed E-state index contributed by atoms with van der Waals surface area (Å²) in [6.07, 6.45) is 0.839. The van der Waals surface area contributed by atoms with Gasteiger partial charge in [-0.05, 0) is 55.5 Å². The molecule has 2 saturated carbocycles. The molecule has 3 aliphatic rings. The van der Waals surface area contributed by atoms with Gasteiger partial charge in [0.15, 0.2) is 9.84 Å². The number of nitriles is 1. The number of hydrogen-bond acceptors (Lipinski definition) is 8. The van der Waals surface area contributed by atoms with E-state index in [4.69, 9.17) is 4.98 Å². The van der Waals surface area contributed by atoms with Gasteiger partial charge >= 0.3 is 6.18 Å². The Morgan fingerprint density at radius 2 is 1.77 bits per heavy atom. The summed E-state index contributed by atoms with van der Waals surface area (Å²) >= 11 is 1.28. The number of pyridine rings is 1. The number of aromatic nitrogens is 2. The maximum absolute atomic E-state index is 13.5. The molecule has 226 valence electrons. The van der Waals surface area contributed by atoms with Crippen LogP contribution >= 0.6 is 11.3 Å². The van der Waals surface area contributed by atoms with Crippen molar-refractivity contribution in [2.75, 3.05) is 29.5 Å². The normalized spacial score (nSPS) is 22.9. The fraction of sp³-hybridized carbons (Fsp3) is 0.467. The lowest BCUT2D eigenvalue weighted by molar-refractivity contribution is -0.141. The summed E-state index contributed by atoms with van der Waals surface area (Å²) in [4.78, 5) is 24.7. The minimum atomic E-state index is -4.60. The molecule has 3 aromatic rings. The fourth-order valence-corrected chi connectivity index (χ4v) is 8.26. The van der Waals surface area contributed by atoms with Crippen molar-refractivity contribution in [2.24, 2.45) is 5.92 Å². The topological polar surface area (TPSA) is 116 Å². The van der Waals surface area contributed by atoms with Crippen LogP contribution in [0.3, 0.4) is 0 Å². The number of hydrogen-bond donors (Lipinski definition) is 1. The molecule has 43 heavy (non-hydrogen) atoms. The van der Waals surface area contributed by atoms with E-state index in [9.17, 15) is 31.6 Å². The van der Waals surface area contributed by atoms with Gasteiger partial charge in [0, 0.05) is 42.4 Å². The highest BCUT2D eigenvalue weighted by Crippen LogP contribution is 2.47. The van der Waals surface area contributed by atoms with Crippen molar-refractivity contribution in [3.05, 3.63) is 54.0 Å². The van der Waals surface area contributed by atoms with Crippen LogP contribution in [-0.4, -0.2) is 54.4 Å². The number of halogens is 3. The predicted molar refractivity (Wildman–Crippen MR) is 157 cm³/mol. The number of anilines is 1. The number of nitrogens with zero attached hydrogens (tertiary/aromatic N) is 4. The Morgan fingerprint density at radius 1 is 1.07 bits per heavy atom. The number of thiazole rings is 1. The van der Waals surface area contributed by atoms with Gasteiger partial charge in [0.1, 0.15) is 16.2 Å². The predicted octanol–water partition coefficient (Wildman–Crippen LogP) is 5.57. The quantitative estimate of drug-likeness (QED) is 0.379. The monoisotopic (exact) mass is 629 g/mol. The van der Waals surface area contributed by atoms with E-state index in [1.807, 2.05) is 29.2 Å². The number of carbonyl (C=O) groups is 1. The van der Waals surface area contributed by atoms with Crippen molar-refractivity contribution >= 4 is 32.8 Å². The van der Waals surface area contributed by atoms with Crippen LogP contribution in [0.25, 0.3) is 21.0 Å². The number of amides is 1. The first-order valence-corrected chi connectivity index (χ1v) is 16.9. The molecule has 1 N–H and O–H groups in total. The lowest BCUT2D eigenvalue weighted by atomic mass is 9.76. The van der Waals surface area contributed by atoms with Gasteiger partial charge in [0.25, 0.3) is 0 Å². The molecule has 1 aliphatic heterocycles. The molecular weight excluding hydrogens is 599 g/mol. The standard InChI is InChI=1S/C30H30F3N5O3S2/c31-30(32,33)24-17-20(9-12-35-24)28-36-25(22-3-1-2-4-23(22)27(39)37-29(18-34)10-11-29)26(42-28)19-5-7-21(8-6-19)38-13-15-43(40,41)16-14-38/h5-9,12,17,22-23H,1-4,10-11,13-16H2,(H,37,39). The van der Waals surface area contributed by atoms with E-state index in [1.54, 1.807) is 0 Å². The summed E-state index contributed by atoms with van der Waals surface area (Å²) in [6, 6.07) is 12.4. The van der Waals surface area contributed by atoms with Crippen LogP contribution in [-0.2, 0) is 20.8 Å². The van der Waals surface area contributed by atoms with Gasteiger partial charge in [0.2, 0.25) is 5.91 Å². The average Bonchev–Trinajstić information content (AvgIpc) is 3.63. The molecule has 0 bridgehead atoms. The van der Waals surface area contributed by atoms with Crippen LogP contribution in [0.5, 0.6) is 0 Å². The Kier molecular flexibility index (Phi) is 7.71. The number of alkyl halides is 3. The second-order valence-electron chi connectivity index (χ2n) is 11.5. The molecular formula is C30H30F3N5O3S2. The third kappa shape index (κ3) is 6.26. The summed E-state index contributed by atoms with van der Waals surface area (Å²) in [7, 11) is -3.02. The molecule has 2 aromatic heterocycles. The Hall–Kier alpha value is -3.50. The Labute approximate surface area is 251 Å². The van der Waals surface area contributed by atoms with Gasteiger partial charge in [0.05, 0.1) is 28.1 Å². The highest BCUT2D eigenvalue weighted by Gasteiger charge is 2.47. The third-order valence-electron chi connectivity index (χ3n) is 8.57. The molecule has 1 amide bonds. The second-order valence-corrected chi connectivity index (χ2v) is 14.8. The van der Waals surface area contributed by atoms with Crippen molar-refractivity contribution < 1.29 is 26.4 Å². The van der Waals surface area contributed by atoms with Crippen molar-refractivity contribution in [1.82, 2.24) is 15.3 Å². The summed E-state index contributed by atoms with van der Waals surface area (Å²) in [6.45, 7) is 0.814. The van der Waals surface area contributed by atoms with Crippen LogP contribution in [0.2, 0.25) is 0 Å². The van der Waals surface area contributed by atoms with Crippen molar-refractivity contribution in [3.63, 3.8) is 0 Å². The minimum Gasteiger partial charge on any atom is -0.369 e. The number of carbonyl (C=O) groups excluding carboxylic acids is 1. The Bertz CT molecular complexity index is 1660. The zero-order valence-corrected chi connectivity index (χ0v) is 24.9. The van der Waals surface area contributed by atoms with Crippen LogP contribution < -0.4 is 10.2 Å². The van der Waals surface area contributed by atoms with E-state index in [0.717, 1.165) is 41.2 Å². The molecule has 3 heterocycles. The molecule has 0 radical (unpaired) electrons. The van der Waals surface area contributed by atoms with Crippen molar-refractivity contribution in [2.45, 2.75) is 56.2 Å². The van der Waals surface area contributed by atoms with Gasteiger partial charge in [-0.3, -0.25) is 9.78 Å². The maximum Gasteiger partial charge on any atom is 0.433 e. The van der Waals surface area contributed by atoms with Gasteiger partial charge in [-0.25, -0.2) is 13.4 Å². The van der Waals surface area contributed by atoms with Gasteiger partial charge < -0.3 is 10.2 Å². The Morgan fingerprint density at radius 3 is 2.42 bits per heavy atom. The number of benzene rings is 1. The highest BCUT2D eigenvalue weighted by atomic mass is 32.2. The summed E-state index contributed by atoms with van der Waals surface area (Å²) in [5, 5.41) is 12.9. The van der Waals surface area contributed by atoms with E-state index in [1.165, 1.54) is 17.4 Å². The number of sulfone groups is 1. The van der Waals surface area contributed by atoms with E-state index < -0.39 is 33.2 Å². The average molecular weight is 630 g/mol. The second kappa shape index (κ2) is 11.2. The van der Waals surface area contributed by atoms with E-state index >= 15 is 0 Å². The third-order valence-corrected chi connectivity index (χ3v) is 11.3. The molecule has 1 saturated heterocycles. The first-order valence-electron chi connectivity index (χ1n) is 14.3. The van der Waals surface area contributed by atoms with Gasteiger partial charge in [-0.2, -0.15) is 18.4 Å². The first kappa shape index (κ1) is 29.6. The zero-order valence-electron chi connectivity index (χ0n) is 23.2. The number of rotatable bonds is 6. The SMILES string of the molecule is N#CC1(NC(=O)C2CCCCC2c2nc(-c3ccnc(C(F)(F)F)c3)sc2-c2ccc(N3CCS(=O)(=O)CC3)cc2)CC1. The molecule has 6 rings (SSSR count). The van der Waals surface area contributed by atoms with Crippen molar-refractivity contribution in [3.8, 4) is 27.1 Å². The van der Waals surface area contributed by atoms with Crippen LogP contribution in [0, 0.1) is 17.2 Å². The van der Waals surface area contributed by atoms with Gasteiger partial charge in [-0.15, -0.1) is 11.3 Å². The molecule has 8 nitrogen and oxygen atoms in total. The number of nitrogens with one attached hydrogen (secondary N) is 1. The minimum absolute atomic E-state index is 0.0984. The molecule has 2 atom stereocenters. The molecule has 1 aromatic carbocycles. The van der Waals surface area contributed by atoms with Crippen LogP contribution in [0.1, 0.15) is 55.8 Å². The maximum atomic E-state index is 13.5. The van der Waals surface area contributed by atoms with E-state index in [0.29, 0.717) is 55.0 Å². The van der Waals surface area contributed by atoms with Crippen LogP contribution in [0.15, 0.2) is 42.6 Å². The zero-order chi connectivity index (χ0) is 30.4. The van der Waals surface area contributed by atoms with E-state index in [2.05, 4.69) is 16.4 Å². The highest BCUT2D eigenvalue weighted by molar-refractivity contribution is 7.91. The smallest absolute Gasteiger partial charge is 0.369 e. The summed E-state index contributed by atoms with van der Waals surface area (Å²) in [5.41, 5.74) is 0.863. The summed E-state index contributed by atoms with van der Waals surface area (Å²) in [5.74, 6) is -0.657. The largest absolute Gasteiger partial charge is 0.433 e. The first-order chi connectivity index (χ1) is 20.5. The lowest BCUT2D eigenvalue weighted by Crippen LogP contribution is -2.42. The molecule has 2 aliphatic carbocycles. The molecule has 0 spiro atoms. The van der Waals surface area contributed by atoms with Gasteiger partial charge in [-0.1, -0.05) is 25.0 Å². The Balaban J connectivity index is 1.37. The fourth-order valence-electron chi connectivity index (χ4n) is 5.92. The summed E-state index contributed by atoms with van der Waals surface area (Å²) < 4.78 is 64.2. The van der Waals surface area contributed by atoms with E-state index in [-0.39, 0.29) is 23.3 Å². The molecule has 3 fully saturated rings.